The monoisotopic (exact) mass is 290 g/mol. The lowest BCUT2D eigenvalue weighted by atomic mass is 9.79. The first kappa shape index (κ1) is 14.7. The number of rotatable bonds is 2. The van der Waals surface area contributed by atoms with Crippen molar-refractivity contribution < 1.29 is 13.2 Å². The molecule has 1 aromatic rings. The van der Waals surface area contributed by atoms with Crippen LogP contribution in [0.25, 0.3) is 0 Å². The van der Waals surface area contributed by atoms with E-state index in [1.54, 1.807) is 12.1 Å². The Kier molecular flexibility index (Phi) is 4.44. The van der Waals surface area contributed by atoms with E-state index in [0.717, 1.165) is 43.4 Å². The van der Waals surface area contributed by atoms with Crippen molar-refractivity contribution in [3.05, 3.63) is 35.4 Å². The molecule has 1 fully saturated rings. The molecule has 3 atom stereocenters. The van der Waals surface area contributed by atoms with Crippen molar-refractivity contribution in [1.29, 1.82) is 0 Å². The lowest BCUT2D eigenvalue weighted by Crippen LogP contribution is -2.26. The third kappa shape index (κ3) is 3.88. The van der Waals surface area contributed by atoms with Crippen LogP contribution in [0.4, 0.5) is 13.2 Å². The molecule has 0 saturated heterocycles. The van der Waals surface area contributed by atoms with Gasteiger partial charge in [0.1, 0.15) is 0 Å². The molecule has 1 aliphatic carbocycles. The van der Waals surface area contributed by atoms with Crippen LogP contribution in [0, 0.1) is 11.8 Å². The highest BCUT2D eigenvalue weighted by atomic mass is 35.5. The second-order valence-electron chi connectivity index (χ2n) is 5.59. The Morgan fingerprint density at radius 1 is 1.16 bits per heavy atom. The van der Waals surface area contributed by atoms with Crippen molar-refractivity contribution in [2.75, 3.05) is 0 Å². The summed E-state index contributed by atoms with van der Waals surface area (Å²) in [6, 6.07) is 5.47. The molecule has 0 nitrogen and oxygen atoms in total. The SMILES string of the molecule is CC1CCC(Cl)C(Cc2ccc(C(F)(F)F)cc2)C1. The van der Waals surface area contributed by atoms with Crippen LogP contribution in [-0.2, 0) is 12.6 Å². The molecule has 106 valence electrons. The minimum atomic E-state index is -4.26. The van der Waals surface area contributed by atoms with E-state index < -0.39 is 11.7 Å². The first-order chi connectivity index (χ1) is 8.86. The van der Waals surface area contributed by atoms with Crippen LogP contribution >= 0.6 is 11.6 Å². The second-order valence-corrected chi connectivity index (χ2v) is 6.15. The number of hydrogen-bond donors (Lipinski definition) is 0. The molecule has 0 radical (unpaired) electrons. The molecule has 1 aromatic carbocycles. The van der Waals surface area contributed by atoms with Crippen molar-refractivity contribution in [1.82, 2.24) is 0 Å². The molecule has 1 aliphatic rings. The van der Waals surface area contributed by atoms with Gasteiger partial charge in [0.2, 0.25) is 0 Å². The minimum Gasteiger partial charge on any atom is -0.166 e. The topological polar surface area (TPSA) is 0 Å². The first-order valence-corrected chi connectivity index (χ1v) is 7.10. The molecule has 0 N–H and O–H groups in total. The predicted molar refractivity (Wildman–Crippen MR) is 71.3 cm³/mol. The summed E-state index contributed by atoms with van der Waals surface area (Å²) in [4.78, 5) is 0. The van der Waals surface area contributed by atoms with Gasteiger partial charge < -0.3 is 0 Å². The zero-order valence-electron chi connectivity index (χ0n) is 10.9. The Bertz CT molecular complexity index is 410. The van der Waals surface area contributed by atoms with Crippen molar-refractivity contribution in [3.63, 3.8) is 0 Å². The fraction of sp³-hybridized carbons (Fsp3) is 0.600. The number of halogens is 4. The van der Waals surface area contributed by atoms with Gasteiger partial charge in [0, 0.05) is 5.38 Å². The van der Waals surface area contributed by atoms with Crippen LogP contribution < -0.4 is 0 Å². The molecule has 1 saturated carbocycles. The number of benzene rings is 1. The van der Waals surface area contributed by atoms with Crippen LogP contribution in [0.5, 0.6) is 0 Å². The summed E-state index contributed by atoms with van der Waals surface area (Å²) in [6.45, 7) is 2.21. The lowest BCUT2D eigenvalue weighted by molar-refractivity contribution is -0.137. The summed E-state index contributed by atoms with van der Waals surface area (Å²) in [5.74, 6) is 1.04. The Hall–Kier alpha value is -0.700. The quantitative estimate of drug-likeness (QED) is 0.649. The Labute approximate surface area is 117 Å². The molecular weight excluding hydrogens is 273 g/mol. The highest BCUT2D eigenvalue weighted by Gasteiger charge is 2.30. The van der Waals surface area contributed by atoms with E-state index in [1.165, 1.54) is 0 Å². The van der Waals surface area contributed by atoms with Gasteiger partial charge in [-0.05, 0) is 55.2 Å². The summed E-state index contributed by atoms with van der Waals surface area (Å²) < 4.78 is 37.4. The smallest absolute Gasteiger partial charge is 0.166 e. The van der Waals surface area contributed by atoms with Gasteiger partial charge in [-0.25, -0.2) is 0 Å². The van der Waals surface area contributed by atoms with Gasteiger partial charge in [-0.15, -0.1) is 11.6 Å². The van der Waals surface area contributed by atoms with Crippen molar-refractivity contribution in [3.8, 4) is 0 Å². The summed E-state index contributed by atoms with van der Waals surface area (Å²) in [5.41, 5.74) is 0.355. The molecule has 0 aliphatic heterocycles. The van der Waals surface area contributed by atoms with E-state index in [2.05, 4.69) is 6.92 Å². The molecule has 0 spiro atoms. The molecule has 0 amide bonds. The van der Waals surface area contributed by atoms with Crippen molar-refractivity contribution in [2.45, 2.75) is 44.2 Å². The Morgan fingerprint density at radius 2 is 1.79 bits per heavy atom. The van der Waals surface area contributed by atoms with Gasteiger partial charge in [-0.2, -0.15) is 13.2 Å². The fourth-order valence-electron chi connectivity index (χ4n) is 2.81. The summed E-state index contributed by atoms with van der Waals surface area (Å²) >= 11 is 6.32. The van der Waals surface area contributed by atoms with Crippen molar-refractivity contribution >= 4 is 11.6 Å². The first-order valence-electron chi connectivity index (χ1n) is 6.66. The van der Waals surface area contributed by atoms with Crippen LogP contribution in [0.2, 0.25) is 0 Å². The molecule has 0 aromatic heterocycles. The summed E-state index contributed by atoms with van der Waals surface area (Å²) in [5, 5.41) is 0.151. The average molecular weight is 291 g/mol. The van der Waals surface area contributed by atoms with Gasteiger partial charge in [0.25, 0.3) is 0 Å². The van der Waals surface area contributed by atoms with Crippen molar-refractivity contribution in [2.24, 2.45) is 11.8 Å². The van der Waals surface area contributed by atoms with Crippen LogP contribution in [0.1, 0.15) is 37.3 Å². The van der Waals surface area contributed by atoms with Gasteiger partial charge in [0.15, 0.2) is 0 Å². The van der Waals surface area contributed by atoms with E-state index in [0.29, 0.717) is 11.8 Å². The molecule has 0 heterocycles. The number of hydrogen-bond acceptors (Lipinski definition) is 0. The second kappa shape index (κ2) is 5.74. The average Bonchev–Trinajstić information content (AvgIpc) is 2.33. The fourth-order valence-corrected chi connectivity index (χ4v) is 3.12. The van der Waals surface area contributed by atoms with E-state index in [4.69, 9.17) is 11.6 Å². The maximum atomic E-state index is 12.5. The van der Waals surface area contributed by atoms with E-state index in [9.17, 15) is 13.2 Å². The maximum Gasteiger partial charge on any atom is 0.416 e. The summed E-state index contributed by atoms with van der Waals surface area (Å²) in [7, 11) is 0. The van der Waals surface area contributed by atoms with E-state index in [1.807, 2.05) is 0 Å². The van der Waals surface area contributed by atoms with Gasteiger partial charge in [-0.3, -0.25) is 0 Å². The standard InChI is InChI=1S/C15H18ClF3/c1-10-2-7-14(16)12(8-10)9-11-3-5-13(6-4-11)15(17,18)19/h3-6,10,12,14H,2,7-9H2,1H3. The molecule has 19 heavy (non-hydrogen) atoms. The van der Waals surface area contributed by atoms with Gasteiger partial charge >= 0.3 is 6.18 Å². The predicted octanol–water partition coefficient (Wildman–Crippen LogP) is 5.29. The normalized spacial score (nSPS) is 28.4. The maximum absolute atomic E-state index is 12.5. The third-order valence-electron chi connectivity index (χ3n) is 3.93. The summed E-state index contributed by atoms with van der Waals surface area (Å²) in [6.07, 6.45) is -0.259. The lowest BCUT2D eigenvalue weighted by Gasteiger charge is -2.31. The van der Waals surface area contributed by atoms with E-state index >= 15 is 0 Å². The van der Waals surface area contributed by atoms with Crippen LogP contribution in [0.15, 0.2) is 24.3 Å². The molecule has 2 rings (SSSR count). The Morgan fingerprint density at radius 3 is 2.37 bits per heavy atom. The highest BCUT2D eigenvalue weighted by molar-refractivity contribution is 6.20. The zero-order valence-corrected chi connectivity index (χ0v) is 11.6. The molecule has 3 unspecified atom stereocenters. The van der Waals surface area contributed by atoms with Gasteiger partial charge in [-0.1, -0.05) is 19.1 Å². The Balaban J connectivity index is 2.03. The molecular formula is C15H18ClF3. The molecule has 0 bridgehead atoms. The van der Waals surface area contributed by atoms with Crippen LogP contribution in [0.3, 0.4) is 0 Å². The highest BCUT2D eigenvalue weighted by Crippen LogP contribution is 2.35. The largest absolute Gasteiger partial charge is 0.416 e. The third-order valence-corrected chi connectivity index (χ3v) is 4.51. The zero-order chi connectivity index (χ0) is 14.0. The van der Waals surface area contributed by atoms with Gasteiger partial charge in [0.05, 0.1) is 5.56 Å². The van der Waals surface area contributed by atoms with Crippen LogP contribution in [-0.4, -0.2) is 5.38 Å². The molecule has 4 heteroatoms. The minimum absolute atomic E-state index is 0.151. The van der Waals surface area contributed by atoms with E-state index in [-0.39, 0.29) is 5.38 Å². The number of alkyl halides is 4.